The molecular weight excluding hydrogens is 324 g/mol. The van der Waals surface area contributed by atoms with E-state index in [1.807, 2.05) is 54.6 Å². The van der Waals surface area contributed by atoms with Crippen LogP contribution in [0.1, 0.15) is 23.3 Å². The van der Waals surface area contributed by atoms with Crippen LogP contribution in [-0.2, 0) is 0 Å². The van der Waals surface area contributed by atoms with Crippen LogP contribution in [0.5, 0.6) is 0 Å². The second kappa shape index (κ2) is 7.35. The highest BCUT2D eigenvalue weighted by molar-refractivity contribution is 6.05. The molecule has 5 heteroatoms. The fraction of sp³-hybridized carbons (Fsp3) is 0.190. The lowest BCUT2D eigenvalue weighted by molar-refractivity contribution is 0.102. The van der Waals surface area contributed by atoms with Gasteiger partial charge in [-0.25, -0.2) is 9.97 Å². The molecule has 1 N–H and O–H groups in total. The van der Waals surface area contributed by atoms with E-state index in [0.717, 1.165) is 48.6 Å². The Morgan fingerprint density at radius 1 is 0.923 bits per heavy atom. The van der Waals surface area contributed by atoms with Crippen molar-refractivity contribution in [2.45, 2.75) is 12.8 Å². The van der Waals surface area contributed by atoms with E-state index < -0.39 is 0 Å². The molecule has 0 aliphatic carbocycles. The topological polar surface area (TPSA) is 58.1 Å². The van der Waals surface area contributed by atoms with Crippen molar-refractivity contribution in [3.05, 3.63) is 72.7 Å². The lowest BCUT2D eigenvalue weighted by atomic mass is 10.0. The molecular formula is C21H20N4O. The Bertz CT molecular complexity index is 905. The largest absolute Gasteiger partial charge is 0.357 e. The Morgan fingerprint density at radius 3 is 2.46 bits per heavy atom. The summed E-state index contributed by atoms with van der Waals surface area (Å²) in [5.74, 6) is 0.593. The van der Waals surface area contributed by atoms with Crippen molar-refractivity contribution in [1.82, 2.24) is 9.97 Å². The van der Waals surface area contributed by atoms with Gasteiger partial charge in [-0.1, -0.05) is 48.5 Å². The van der Waals surface area contributed by atoms with E-state index in [1.54, 1.807) is 6.07 Å². The van der Waals surface area contributed by atoms with Crippen molar-refractivity contribution >= 4 is 17.4 Å². The number of nitrogens with zero attached hydrogens (tertiary/aromatic N) is 3. The minimum absolute atomic E-state index is 0.226. The van der Waals surface area contributed by atoms with Crippen LogP contribution in [0, 0.1) is 0 Å². The molecule has 4 rings (SSSR count). The number of hydrogen-bond donors (Lipinski definition) is 1. The van der Waals surface area contributed by atoms with Gasteiger partial charge in [-0.05, 0) is 24.5 Å². The van der Waals surface area contributed by atoms with Gasteiger partial charge >= 0.3 is 0 Å². The standard InChI is InChI=1S/C21H20N4O/c26-21(19-14-20(23-15-22-19)25-12-6-7-13-25)24-18-11-5-4-10-17(18)16-8-2-1-3-9-16/h1-5,8-11,14-15H,6-7,12-13H2,(H,24,26). The first kappa shape index (κ1) is 16.3. The molecule has 1 saturated heterocycles. The lowest BCUT2D eigenvalue weighted by Gasteiger charge is -2.16. The number of carbonyl (C=O) groups excluding carboxylic acids is 1. The normalized spacial score (nSPS) is 13.6. The third-order valence-corrected chi connectivity index (χ3v) is 4.58. The summed E-state index contributed by atoms with van der Waals surface area (Å²) in [6.07, 6.45) is 3.79. The van der Waals surface area contributed by atoms with Crippen LogP contribution in [0.25, 0.3) is 11.1 Å². The van der Waals surface area contributed by atoms with Crippen molar-refractivity contribution in [2.75, 3.05) is 23.3 Å². The Kier molecular flexibility index (Phi) is 4.60. The van der Waals surface area contributed by atoms with Gasteiger partial charge in [0.15, 0.2) is 0 Å². The Hall–Kier alpha value is -3.21. The average Bonchev–Trinajstić information content (AvgIpc) is 3.24. The van der Waals surface area contributed by atoms with Crippen molar-refractivity contribution in [1.29, 1.82) is 0 Å². The van der Waals surface area contributed by atoms with Crippen LogP contribution in [0.2, 0.25) is 0 Å². The second-order valence-corrected chi connectivity index (χ2v) is 6.32. The number of carbonyl (C=O) groups is 1. The number of anilines is 2. The van der Waals surface area contributed by atoms with Crippen molar-refractivity contribution in [3.8, 4) is 11.1 Å². The lowest BCUT2D eigenvalue weighted by Crippen LogP contribution is -2.21. The zero-order chi connectivity index (χ0) is 17.8. The van der Waals surface area contributed by atoms with Crippen molar-refractivity contribution in [3.63, 3.8) is 0 Å². The molecule has 1 aromatic heterocycles. The molecule has 1 amide bonds. The third kappa shape index (κ3) is 3.42. The number of nitrogens with one attached hydrogen (secondary N) is 1. The van der Waals surface area contributed by atoms with E-state index in [0.29, 0.717) is 5.69 Å². The molecule has 2 aromatic carbocycles. The highest BCUT2D eigenvalue weighted by Gasteiger charge is 2.17. The zero-order valence-corrected chi connectivity index (χ0v) is 14.4. The maximum atomic E-state index is 12.7. The SMILES string of the molecule is O=C(Nc1ccccc1-c1ccccc1)c1cc(N2CCCC2)ncn1. The molecule has 1 aliphatic rings. The van der Waals surface area contributed by atoms with Crippen LogP contribution in [0.4, 0.5) is 11.5 Å². The van der Waals surface area contributed by atoms with Gasteiger partial charge in [0, 0.05) is 30.4 Å². The summed E-state index contributed by atoms with van der Waals surface area (Å²) in [5, 5.41) is 3.00. The quantitative estimate of drug-likeness (QED) is 0.777. The molecule has 0 radical (unpaired) electrons. The van der Waals surface area contributed by atoms with Gasteiger partial charge in [0.25, 0.3) is 5.91 Å². The number of hydrogen-bond acceptors (Lipinski definition) is 4. The van der Waals surface area contributed by atoms with E-state index in [2.05, 4.69) is 20.2 Å². The molecule has 5 nitrogen and oxygen atoms in total. The molecule has 0 atom stereocenters. The molecule has 1 aliphatic heterocycles. The van der Waals surface area contributed by atoms with Gasteiger partial charge in [0.1, 0.15) is 17.8 Å². The smallest absolute Gasteiger partial charge is 0.274 e. The molecule has 26 heavy (non-hydrogen) atoms. The van der Waals surface area contributed by atoms with Gasteiger partial charge in [-0.2, -0.15) is 0 Å². The summed E-state index contributed by atoms with van der Waals surface area (Å²) in [5.41, 5.74) is 3.19. The number of para-hydroxylation sites is 1. The summed E-state index contributed by atoms with van der Waals surface area (Å²) in [6, 6.07) is 19.6. The third-order valence-electron chi connectivity index (χ3n) is 4.58. The highest BCUT2D eigenvalue weighted by Crippen LogP contribution is 2.28. The molecule has 0 saturated carbocycles. The van der Waals surface area contributed by atoms with Crippen LogP contribution >= 0.6 is 0 Å². The number of rotatable bonds is 4. The Balaban J connectivity index is 1.59. The van der Waals surface area contributed by atoms with Crippen LogP contribution < -0.4 is 10.2 Å². The Labute approximate surface area is 152 Å². The van der Waals surface area contributed by atoms with Crippen LogP contribution in [0.15, 0.2) is 67.0 Å². The average molecular weight is 344 g/mol. The molecule has 1 fully saturated rings. The first-order valence-corrected chi connectivity index (χ1v) is 8.84. The minimum Gasteiger partial charge on any atom is -0.357 e. The number of amides is 1. The van der Waals surface area contributed by atoms with Crippen LogP contribution in [-0.4, -0.2) is 29.0 Å². The van der Waals surface area contributed by atoms with E-state index in [1.165, 1.54) is 6.33 Å². The van der Waals surface area contributed by atoms with Gasteiger partial charge in [-0.15, -0.1) is 0 Å². The van der Waals surface area contributed by atoms with E-state index in [9.17, 15) is 4.79 Å². The maximum absolute atomic E-state index is 12.7. The van der Waals surface area contributed by atoms with Gasteiger partial charge < -0.3 is 10.2 Å². The van der Waals surface area contributed by atoms with E-state index >= 15 is 0 Å². The van der Waals surface area contributed by atoms with E-state index in [4.69, 9.17) is 0 Å². The molecule has 0 spiro atoms. The second-order valence-electron chi connectivity index (χ2n) is 6.32. The Morgan fingerprint density at radius 2 is 1.65 bits per heavy atom. The highest BCUT2D eigenvalue weighted by atomic mass is 16.1. The molecule has 3 aromatic rings. The summed E-state index contributed by atoms with van der Waals surface area (Å²) >= 11 is 0. The van der Waals surface area contributed by atoms with Gasteiger partial charge in [-0.3, -0.25) is 4.79 Å². The molecule has 0 unspecified atom stereocenters. The van der Waals surface area contributed by atoms with Gasteiger partial charge in [0.2, 0.25) is 0 Å². The predicted octanol–water partition coefficient (Wildman–Crippen LogP) is 4.00. The summed E-state index contributed by atoms with van der Waals surface area (Å²) in [4.78, 5) is 23.4. The zero-order valence-electron chi connectivity index (χ0n) is 14.4. The molecule has 0 bridgehead atoms. The maximum Gasteiger partial charge on any atom is 0.274 e. The minimum atomic E-state index is -0.226. The van der Waals surface area contributed by atoms with Crippen molar-refractivity contribution < 1.29 is 4.79 Å². The van der Waals surface area contributed by atoms with Crippen molar-refractivity contribution in [2.24, 2.45) is 0 Å². The van der Waals surface area contributed by atoms with Gasteiger partial charge in [0.05, 0.1) is 0 Å². The first-order chi connectivity index (χ1) is 12.8. The number of benzene rings is 2. The fourth-order valence-corrected chi connectivity index (χ4v) is 3.24. The monoisotopic (exact) mass is 344 g/mol. The first-order valence-electron chi connectivity index (χ1n) is 8.84. The molecule has 130 valence electrons. The number of aromatic nitrogens is 2. The summed E-state index contributed by atoms with van der Waals surface area (Å²) < 4.78 is 0. The van der Waals surface area contributed by atoms with Crippen LogP contribution in [0.3, 0.4) is 0 Å². The summed E-state index contributed by atoms with van der Waals surface area (Å²) in [6.45, 7) is 1.96. The fourth-order valence-electron chi connectivity index (χ4n) is 3.24. The summed E-state index contributed by atoms with van der Waals surface area (Å²) in [7, 11) is 0. The van der Waals surface area contributed by atoms with E-state index in [-0.39, 0.29) is 5.91 Å². The predicted molar refractivity (Wildman–Crippen MR) is 103 cm³/mol. The molecule has 2 heterocycles.